The normalized spacial score (nSPS) is 26.6. The molecule has 0 atom stereocenters. The zero-order valence-corrected chi connectivity index (χ0v) is 9.62. The van der Waals surface area contributed by atoms with E-state index in [4.69, 9.17) is 0 Å². The van der Waals surface area contributed by atoms with Crippen LogP contribution >= 0.6 is 0 Å². The van der Waals surface area contributed by atoms with E-state index in [0.717, 1.165) is 0 Å². The van der Waals surface area contributed by atoms with Crippen molar-refractivity contribution in [3.05, 3.63) is 0 Å². The highest BCUT2D eigenvalue weighted by Crippen LogP contribution is 2.18. The zero-order valence-electron chi connectivity index (χ0n) is 8.81. The summed E-state index contributed by atoms with van der Waals surface area (Å²) in [5.41, 5.74) is 0. The van der Waals surface area contributed by atoms with Crippen LogP contribution in [0.3, 0.4) is 0 Å². The second kappa shape index (κ2) is 4.04. The van der Waals surface area contributed by atoms with Crippen molar-refractivity contribution in [3.63, 3.8) is 0 Å². The summed E-state index contributed by atoms with van der Waals surface area (Å²) in [5, 5.41) is 2.47. The Balaban J connectivity index is 2.02. The average Bonchev–Trinajstić information content (AvgIpc) is 2.22. The predicted molar refractivity (Wildman–Crippen MR) is 56.4 cm³/mol. The SMILES string of the molecule is O=C1CN(C2CCS(=O)(=O)CC2)C(=O)CN1. The maximum Gasteiger partial charge on any atom is 0.242 e. The van der Waals surface area contributed by atoms with Gasteiger partial charge in [0, 0.05) is 6.04 Å². The minimum Gasteiger partial charge on any atom is -0.345 e. The van der Waals surface area contributed by atoms with E-state index < -0.39 is 9.84 Å². The molecule has 2 saturated heterocycles. The number of sulfone groups is 1. The molecule has 16 heavy (non-hydrogen) atoms. The van der Waals surface area contributed by atoms with Crippen molar-refractivity contribution >= 4 is 21.7 Å². The van der Waals surface area contributed by atoms with Crippen molar-refractivity contribution in [3.8, 4) is 0 Å². The minimum absolute atomic E-state index is 0.0298. The molecule has 0 radical (unpaired) electrons. The Morgan fingerprint density at radius 3 is 2.44 bits per heavy atom. The minimum atomic E-state index is -2.92. The lowest BCUT2D eigenvalue weighted by molar-refractivity contribution is -0.143. The van der Waals surface area contributed by atoms with E-state index in [2.05, 4.69) is 5.32 Å². The van der Waals surface area contributed by atoms with Crippen molar-refractivity contribution in [2.45, 2.75) is 18.9 Å². The Labute approximate surface area is 93.9 Å². The van der Waals surface area contributed by atoms with Crippen molar-refractivity contribution < 1.29 is 18.0 Å². The molecule has 2 amide bonds. The lowest BCUT2D eigenvalue weighted by Gasteiger charge is -2.36. The van der Waals surface area contributed by atoms with Gasteiger partial charge in [-0.25, -0.2) is 8.42 Å². The van der Waals surface area contributed by atoms with Gasteiger partial charge in [0.25, 0.3) is 0 Å². The lowest BCUT2D eigenvalue weighted by Crippen LogP contribution is -2.56. The van der Waals surface area contributed by atoms with Gasteiger partial charge < -0.3 is 10.2 Å². The number of hydrogen-bond acceptors (Lipinski definition) is 4. The van der Waals surface area contributed by atoms with Crippen LogP contribution in [-0.2, 0) is 19.4 Å². The number of amides is 2. The standard InChI is InChI=1S/C9H14N2O4S/c12-8-6-11(9(13)5-10-8)7-1-3-16(14,15)4-2-7/h7H,1-6H2,(H,10,12). The molecule has 0 aromatic carbocycles. The van der Waals surface area contributed by atoms with Crippen LogP contribution in [0.4, 0.5) is 0 Å². The third-order valence-electron chi connectivity index (χ3n) is 3.04. The van der Waals surface area contributed by atoms with Gasteiger partial charge in [0.15, 0.2) is 0 Å². The summed E-state index contributed by atoms with van der Waals surface area (Å²) in [6, 6.07) is -0.0953. The molecule has 0 bridgehead atoms. The quantitative estimate of drug-likeness (QED) is 0.612. The summed E-state index contributed by atoms with van der Waals surface area (Å²) in [7, 11) is -2.92. The van der Waals surface area contributed by atoms with Crippen molar-refractivity contribution in [1.82, 2.24) is 10.2 Å². The summed E-state index contributed by atoms with van der Waals surface area (Å²) >= 11 is 0. The molecule has 2 aliphatic rings. The van der Waals surface area contributed by atoms with E-state index >= 15 is 0 Å². The highest BCUT2D eigenvalue weighted by molar-refractivity contribution is 7.91. The number of hydrogen-bond donors (Lipinski definition) is 1. The van der Waals surface area contributed by atoms with Gasteiger partial charge in [0.2, 0.25) is 11.8 Å². The van der Waals surface area contributed by atoms with Gasteiger partial charge in [-0.15, -0.1) is 0 Å². The Morgan fingerprint density at radius 1 is 1.19 bits per heavy atom. The first-order chi connectivity index (χ1) is 7.48. The number of nitrogens with zero attached hydrogens (tertiary/aromatic N) is 1. The highest BCUT2D eigenvalue weighted by atomic mass is 32.2. The highest BCUT2D eigenvalue weighted by Gasteiger charge is 2.33. The topological polar surface area (TPSA) is 83.6 Å². The Kier molecular flexibility index (Phi) is 2.88. The van der Waals surface area contributed by atoms with Crippen LogP contribution in [0.5, 0.6) is 0 Å². The fourth-order valence-electron chi connectivity index (χ4n) is 2.10. The van der Waals surface area contributed by atoms with Crippen LogP contribution in [-0.4, -0.2) is 55.8 Å². The molecule has 2 rings (SSSR count). The van der Waals surface area contributed by atoms with Crippen LogP contribution < -0.4 is 5.32 Å². The molecular formula is C9H14N2O4S. The summed E-state index contributed by atoms with van der Waals surface area (Å²) in [6.45, 7) is 0.0889. The largest absolute Gasteiger partial charge is 0.345 e. The van der Waals surface area contributed by atoms with Crippen molar-refractivity contribution in [1.29, 1.82) is 0 Å². The molecular weight excluding hydrogens is 232 g/mol. The maximum atomic E-state index is 11.6. The van der Waals surface area contributed by atoms with Gasteiger partial charge in [0.1, 0.15) is 9.84 Å². The second-order valence-corrected chi connectivity index (χ2v) is 6.48. The third-order valence-corrected chi connectivity index (χ3v) is 4.75. The van der Waals surface area contributed by atoms with Crippen molar-refractivity contribution in [2.75, 3.05) is 24.6 Å². The first-order valence-electron chi connectivity index (χ1n) is 5.24. The maximum absolute atomic E-state index is 11.6. The Morgan fingerprint density at radius 2 is 1.81 bits per heavy atom. The number of carbonyl (C=O) groups is 2. The Hall–Kier alpha value is -1.11. The molecule has 1 N–H and O–H groups in total. The molecule has 0 unspecified atom stereocenters. The van der Waals surface area contributed by atoms with Gasteiger partial charge in [-0.2, -0.15) is 0 Å². The van der Waals surface area contributed by atoms with Crippen molar-refractivity contribution in [2.24, 2.45) is 0 Å². The molecule has 6 nitrogen and oxygen atoms in total. The zero-order chi connectivity index (χ0) is 11.8. The van der Waals surface area contributed by atoms with Crippen LogP contribution in [0, 0.1) is 0 Å². The first-order valence-corrected chi connectivity index (χ1v) is 7.07. The fraction of sp³-hybridized carbons (Fsp3) is 0.778. The number of piperazine rings is 1. The number of rotatable bonds is 1. The molecule has 0 aromatic rings. The van der Waals surface area contributed by atoms with E-state index in [1.165, 1.54) is 4.90 Å². The van der Waals surface area contributed by atoms with E-state index in [-0.39, 0.29) is 42.5 Å². The van der Waals surface area contributed by atoms with Gasteiger partial charge in [-0.3, -0.25) is 9.59 Å². The van der Waals surface area contributed by atoms with E-state index in [1.807, 2.05) is 0 Å². The molecule has 90 valence electrons. The van der Waals surface area contributed by atoms with Crippen LogP contribution in [0.25, 0.3) is 0 Å². The summed E-state index contributed by atoms with van der Waals surface area (Å²) in [5.74, 6) is -0.0662. The van der Waals surface area contributed by atoms with E-state index in [9.17, 15) is 18.0 Å². The summed E-state index contributed by atoms with van der Waals surface area (Å²) in [6.07, 6.45) is 0.892. The smallest absolute Gasteiger partial charge is 0.242 e. The molecule has 7 heteroatoms. The monoisotopic (exact) mass is 246 g/mol. The molecule has 2 fully saturated rings. The third kappa shape index (κ3) is 2.34. The number of nitrogens with one attached hydrogen (secondary N) is 1. The molecule has 0 aromatic heterocycles. The van der Waals surface area contributed by atoms with Gasteiger partial charge in [-0.05, 0) is 12.8 Å². The summed E-state index contributed by atoms with van der Waals surface area (Å²) < 4.78 is 22.5. The number of carbonyl (C=O) groups excluding carboxylic acids is 2. The average molecular weight is 246 g/mol. The molecule has 0 spiro atoms. The van der Waals surface area contributed by atoms with E-state index in [1.54, 1.807) is 0 Å². The molecule has 2 heterocycles. The summed E-state index contributed by atoms with van der Waals surface area (Å²) in [4.78, 5) is 24.2. The predicted octanol–water partition coefficient (Wildman–Crippen LogP) is -1.48. The van der Waals surface area contributed by atoms with E-state index in [0.29, 0.717) is 12.8 Å². The van der Waals surface area contributed by atoms with Crippen LogP contribution in [0.2, 0.25) is 0 Å². The van der Waals surface area contributed by atoms with Gasteiger partial charge >= 0.3 is 0 Å². The molecule has 0 aliphatic carbocycles. The fourth-order valence-corrected chi connectivity index (χ4v) is 3.56. The second-order valence-electron chi connectivity index (χ2n) is 4.18. The van der Waals surface area contributed by atoms with Gasteiger partial charge in [-0.1, -0.05) is 0 Å². The van der Waals surface area contributed by atoms with Gasteiger partial charge in [0.05, 0.1) is 24.6 Å². The Bertz CT molecular complexity index is 403. The first kappa shape index (κ1) is 11.4. The molecule has 0 saturated carbocycles. The molecule has 2 aliphatic heterocycles. The van der Waals surface area contributed by atoms with Crippen LogP contribution in [0.1, 0.15) is 12.8 Å². The lowest BCUT2D eigenvalue weighted by atomic mass is 10.1. The van der Waals surface area contributed by atoms with Crippen LogP contribution in [0.15, 0.2) is 0 Å².